The number of ether oxygens (including phenoxy) is 1. The van der Waals surface area contributed by atoms with Crippen LogP contribution in [0.5, 0.6) is 5.75 Å². The van der Waals surface area contributed by atoms with Crippen molar-refractivity contribution in [3.05, 3.63) is 27.2 Å². The molecule has 1 aromatic rings. The van der Waals surface area contributed by atoms with Gasteiger partial charge in [-0.15, -0.1) is 0 Å². The summed E-state index contributed by atoms with van der Waals surface area (Å²) in [6.45, 7) is 4.76. The van der Waals surface area contributed by atoms with Crippen molar-refractivity contribution >= 4 is 40.7 Å². The predicted molar refractivity (Wildman–Crippen MR) is 84.0 cm³/mol. The van der Waals surface area contributed by atoms with Gasteiger partial charge in [0.15, 0.2) is 6.61 Å². The topological polar surface area (TPSA) is 38.3 Å². The molecule has 1 N–H and O–H groups in total. The van der Waals surface area contributed by atoms with E-state index in [1.54, 1.807) is 0 Å². The minimum absolute atomic E-state index is 0.0994. The molecule has 1 rings (SSSR count). The fraction of sp³-hybridized carbons (Fsp3) is 0.500. The average Bonchev–Trinajstić information content (AvgIpc) is 2.42. The summed E-state index contributed by atoms with van der Waals surface area (Å²) < 4.78 is 5.35. The molecule has 0 aromatic heterocycles. The van der Waals surface area contributed by atoms with E-state index in [4.69, 9.17) is 39.5 Å². The standard InChI is InChI=1S/C14H18Cl3NO2/c1-3-9(4-2)7-18-14(19)8-20-13-6-11(16)10(15)5-12(13)17/h5-6,9H,3-4,7-8H2,1-2H3,(H,18,19). The third-order valence-electron chi connectivity index (χ3n) is 3.08. The van der Waals surface area contributed by atoms with Gasteiger partial charge in [0.1, 0.15) is 5.75 Å². The van der Waals surface area contributed by atoms with Crippen LogP contribution in [0.3, 0.4) is 0 Å². The summed E-state index contributed by atoms with van der Waals surface area (Å²) in [5.74, 6) is 0.658. The van der Waals surface area contributed by atoms with E-state index in [0.717, 1.165) is 12.8 Å². The van der Waals surface area contributed by atoms with Gasteiger partial charge in [-0.3, -0.25) is 4.79 Å². The SMILES string of the molecule is CCC(CC)CNC(=O)COc1cc(Cl)c(Cl)cc1Cl. The summed E-state index contributed by atoms with van der Waals surface area (Å²) in [7, 11) is 0. The zero-order valence-electron chi connectivity index (χ0n) is 11.5. The highest BCUT2D eigenvalue weighted by Crippen LogP contribution is 2.33. The number of amides is 1. The van der Waals surface area contributed by atoms with Gasteiger partial charge in [0.25, 0.3) is 5.91 Å². The fourth-order valence-electron chi connectivity index (χ4n) is 1.64. The van der Waals surface area contributed by atoms with Gasteiger partial charge in [-0.25, -0.2) is 0 Å². The number of hydrogen-bond acceptors (Lipinski definition) is 2. The third-order valence-corrected chi connectivity index (χ3v) is 4.09. The van der Waals surface area contributed by atoms with E-state index in [-0.39, 0.29) is 12.5 Å². The lowest BCUT2D eigenvalue weighted by Crippen LogP contribution is -2.32. The second kappa shape index (κ2) is 8.60. The number of nitrogens with one attached hydrogen (secondary N) is 1. The Kier molecular flexibility index (Phi) is 7.49. The highest BCUT2D eigenvalue weighted by atomic mass is 35.5. The second-order valence-corrected chi connectivity index (χ2v) is 5.69. The molecule has 0 saturated heterocycles. The molecule has 0 atom stereocenters. The molecule has 3 nitrogen and oxygen atoms in total. The van der Waals surface area contributed by atoms with Crippen LogP contribution >= 0.6 is 34.8 Å². The molecule has 20 heavy (non-hydrogen) atoms. The monoisotopic (exact) mass is 337 g/mol. The van der Waals surface area contributed by atoms with Gasteiger partial charge in [0.2, 0.25) is 0 Å². The third kappa shape index (κ3) is 5.39. The smallest absolute Gasteiger partial charge is 0.257 e. The lowest BCUT2D eigenvalue weighted by atomic mass is 10.0. The summed E-state index contributed by atoms with van der Waals surface area (Å²) in [5.41, 5.74) is 0. The number of rotatable bonds is 7. The molecule has 0 bridgehead atoms. The normalized spacial score (nSPS) is 10.7. The van der Waals surface area contributed by atoms with Crippen molar-refractivity contribution in [1.29, 1.82) is 0 Å². The Balaban J connectivity index is 2.47. The van der Waals surface area contributed by atoms with Gasteiger partial charge in [-0.05, 0) is 12.0 Å². The molecule has 0 saturated carbocycles. The lowest BCUT2D eigenvalue weighted by molar-refractivity contribution is -0.123. The number of hydrogen-bond donors (Lipinski definition) is 1. The van der Waals surface area contributed by atoms with Crippen LogP contribution in [0.15, 0.2) is 12.1 Å². The molecule has 1 aromatic carbocycles. The molecule has 0 aliphatic rings. The Hall–Kier alpha value is -0.640. The summed E-state index contributed by atoms with van der Waals surface area (Å²) in [4.78, 5) is 11.7. The van der Waals surface area contributed by atoms with Crippen molar-refractivity contribution in [3.63, 3.8) is 0 Å². The van der Waals surface area contributed by atoms with Gasteiger partial charge < -0.3 is 10.1 Å². The quantitative estimate of drug-likeness (QED) is 0.739. The predicted octanol–water partition coefficient (Wildman–Crippen LogP) is 4.58. The first-order valence-electron chi connectivity index (χ1n) is 6.51. The first kappa shape index (κ1) is 17.4. The first-order chi connectivity index (χ1) is 9.47. The molecular formula is C14H18Cl3NO2. The van der Waals surface area contributed by atoms with E-state index in [2.05, 4.69) is 19.2 Å². The average molecular weight is 339 g/mol. The number of carbonyl (C=O) groups excluding carboxylic acids is 1. The molecule has 0 spiro atoms. The van der Waals surface area contributed by atoms with Gasteiger partial charge in [-0.2, -0.15) is 0 Å². The molecule has 112 valence electrons. The van der Waals surface area contributed by atoms with Crippen LogP contribution in [-0.4, -0.2) is 19.1 Å². The van der Waals surface area contributed by atoms with Gasteiger partial charge in [-0.1, -0.05) is 61.5 Å². The van der Waals surface area contributed by atoms with Crippen molar-refractivity contribution in [2.45, 2.75) is 26.7 Å². The zero-order chi connectivity index (χ0) is 15.1. The number of halogens is 3. The fourth-order valence-corrected chi connectivity index (χ4v) is 2.24. The van der Waals surface area contributed by atoms with E-state index in [1.165, 1.54) is 12.1 Å². The van der Waals surface area contributed by atoms with Gasteiger partial charge >= 0.3 is 0 Å². The minimum atomic E-state index is -0.181. The molecule has 0 radical (unpaired) electrons. The molecule has 6 heteroatoms. The number of benzene rings is 1. The lowest BCUT2D eigenvalue weighted by Gasteiger charge is -2.14. The van der Waals surface area contributed by atoms with E-state index in [0.29, 0.717) is 33.3 Å². The summed E-state index contributed by atoms with van der Waals surface area (Å²) in [6, 6.07) is 2.99. The van der Waals surface area contributed by atoms with Crippen LogP contribution in [-0.2, 0) is 4.79 Å². The molecule has 0 aliphatic heterocycles. The van der Waals surface area contributed by atoms with Crippen LogP contribution < -0.4 is 10.1 Å². The van der Waals surface area contributed by atoms with E-state index in [9.17, 15) is 4.79 Å². The van der Waals surface area contributed by atoms with Crippen molar-refractivity contribution < 1.29 is 9.53 Å². The maximum Gasteiger partial charge on any atom is 0.257 e. The summed E-state index contributed by atoms with van der Waals surface area (Å²) >= 11 is 17.6. The highest BCUT2D eigenvalue weighted by Gasteiger charge is 2.10. The van der Waals surface area contributed by atoms with E-state index < -0.39 is 0 Å². The molecule has 0 heterocycles. The van der Waals surface area contributed by atoms with Crippen LogP contribution in [0.1, 0.15) is 26.7 Å². The molecular weight excluding hydrogens is 321 g/mol. The van der Waals surface area contributed by atoms with E-state index >= 15 is 0 Å². The minimum Gasteiger partial charge on any atom is -0.482 e. The molecule has 0 aliphatic carbocycles. The maximum atomic E-state index is 11.7. The van der Waals surface area contributed by atoms with Crippen LogP contribution in [0.25, 0.3) is 0 Å². The summed E-state index contributed by atoms with van der Waals surface area (Å²) in [5, 5.41) is 3.85. The van der Waals surface area contributed by atoms with Crippen LogP contribution in [0, 0.1) is 5.92 Å². The second-order valence-electron chi connectivity index (χ2n) is 4.47. The highest BCUT2D eigenvalue weighted by molar-refractivity contribution is 6.43. The summed E-state index contributed by atoms with van der Waals surface area (Å²) in [6.07, 6.45) is 2.08. The Morgan fingerprint density at radius 2 is 1.75 bits per heavy atom. The van der Waals surface area contributed by atoms with Crippen LogP contribution in [0.2, 0.25) is 15.1 Å². The van der Waals surface area contributed by atoms with Crippen molar-refractivity contribution in [1.82, 2.24) is 5.32 Å². The largest absolute Gasteiger partial charge is 0.482 e. The van der Waals surface area contributed by atoms with Crippen molar-refractivity contribution in [2.75, 3.05) is 13.2 Å². The Bertz CT molecular complexity index is 462. The van der Waals surface area contributed by atoms with Crippen LogP contribution in [0.4, 0.5) is 0 Å². The maximum absolute atomic E-state index is 11.7. The Labute approximate surface area is 134 Å². The first-order valence-corrected chi connectivity index (χ1v) is 7.65. The molecule has 0 unspecified atom stereocenters. The zero-order valence-corrected chi connectivity index (χ0v) is 13.8. The Morgan fingerprint density at radius 1 is 1.15 bits per heavy atom. The van der Waals surface area contributed by atoms with Gasteiger partial charge in [0.05, 0.1) is 15.1 Å². The van der Waals surface area contributed by atoms with Crippen molar-refractivity contribution in [3.8, 4) is 5.75 Å². The number of carbonyl (C=O) groups is 1. The Morgan fingerprint density at radius 3 is 2.35 bits per heavy atom. The molecule has 0 fully saturated rings. The van der Waals surface area contributed by atoms with E-state index in [1.807, 2.05) is 0 Å². The molecule has 1 amide bonds. The van der Waals surface area contributed by atoms with Crippen molar-refractivity contribution in [2.24, 2.45) is 5.92 Å². The van der Waals surface area contributed by atoms with Gasteiger partial charge in [0, 0.05) is 12.6 Å².